The summed E-state index contributed by atoms with van der Waals surface area (Å²) in [6, 6.07) is 5.16. The van der Waals surface area contributed by atoms with Crippen molar-refractivity contribution in [1.29, 1.82) is 0 Å². The zero-order valence-electron chi connectivity index (χ0n) is 33.9. The molecule has 2 saturated heterocycles. The Bertz CT molecular complexity index is 2040. The summed E-state index contributed by atoms with van der Waals surface area (Å²) < 4.78 is 20.7. The highest BCUT2D eigenvalue weighted by atomic mass is 16.5. The number of hydrogen-bond acceptors (Lipinski definition) is 10. The van der Waals surface area contributed by atoms with Gasteiger partial charge in [-0.3, -0.25) is 9.59 Å². The molecule has 4 heterocycles. The monoisotopic (exact) mass is 784 g/mol. The molecule has 0 aliphatic carbocycles. The number of nitrogens with zero attached hydrogens (tertiary/aromatic N) is 4. The number of rotatable bonds is 10. The highest BCUT2D eigenvalue weighted by molar-refractivity contribution is 5.87. The molecule has 5 rings (SSSR count). The lowest BCUT2D eigenvalue weighted by molar-refractivity contribution is -0.136. The summed E-state index contributed by atoms with van der Waals surface area (Å²) in [4.78, 5) is 70.6. The van der Waals surface area contributed by atoms with Crippen LogP contribution >= 0.6 is 0 Å². The molecule has 0 saturated carbocycles. The Morgan fingerprint density at radius 1 is 0.719 bits per heavy atom. The summed E-state index contributed by atoms with van der Waals surface area (Å²) in [6.07, 6.45) is 0.982. The van der Waals surface area contributed by atoms with Gasteiger partial charge in [0.15, 0.2) is 0 Å². The van der Waals surface area contributed by atoms with E-state index in [1.807, 2.05) is 58.9 Å². The summed E-state index contributed by atoms with van der Waals surface area (Å²) in [5.41, 5.74) is 3.43. The molecule has 16 heteroatoms. The molecule has 0 radical (unpaired) electrons. The fourth-order valence-electron chi connectivity index (χ4n) is 6.94. The Kier molecular flexibility index (Phi) is 14.0. The summed E-state index contributed by atoms with van der Waals surface area (Å²) in [6.45, 7) is 10.0. The molecule has 0 unspecified atom stereocenters. The number of H-pyrrole nitrogens is 2. The van der Waals surface area contributed by atoms with E-state index >= 15 is 0 Å². The van der Waals surface area contributed by atoms with Crippen LogP contribution < -0.4 is 10.6 Å². The van der Waals surface area contributed by atoms with Gasteiger partial charge in [-0.2, -0.15) is 0 Å². The van der Waals surface area contributed by atoms with Crippen LogP contribution in [0.4, 0.5) is 9.59 Å². The average molecular weight is 785 g/mol. The number of hydrogen-bond donors (Lipinski definition) is 4. The van der Waals surface area contributed by atoms with Crippen molar-refractivity contribution in [3.05, 3.63) is 70.3 Å². The van der Waals surface area contributed by atoms with E-state index in [0.717, 1.165) is 16.8 Å². The van der Waals surface area contributed by atoms with Crippen LogP contribution in [0.25, 0.3) is 0 Å². The minimum Gasteiger partial charge on any atom is -0.453 e. The van der Waals surface area contributed by atoms with E-state index in [1.165, 1.54) is 14.2 Å². The summed E-state index contributed by atoms with van der Waals surface area (Å²) in [5.74, 6) is 12.9. The van der Waals surface area contributed by atoms with Gasteiger partial charge < -0.3 is 49.3 Å². The number of carbonyl (C=O) groups excluding carboxylic acids is 4. The van der Waals surface area contributed by atoms with Crippen LogP contribution in [0.3, 0.4) is 0 Å². The lowest BCUT2D eigenvalue weighted by Crippen LogP contribution is -2.51. The number of nitrogens with one attached hydrogen (secondary N) is 4. The van der Waals surface area contributed by atoms with Crippen LogP contribution in [-0.2, 0) is 28.5 Å². The van der Waals surface area contributed by atoms with Gasteiger partial charge >= 0.3 is 12.2 Å². The Labute approximate surface area is 333 Å². The molecule has 16 nitrogen and oxygen atoms in total. The highest BCUT2D eigenvalue weighted by Crippen LogP contribution is 2.34. The summed E-state index contributed by atoms with van der Waals surface area (Å²) in [5, 5.41) is 5.32. The zero-order valence-corrected chi connectivity index (χ0v) is 33.9. The minimum atomic E-state index is -0.776. The second kappa shape index (κ2) is 18.9. The highest BCUT2D eigenvalue weighted by Gasteiger charge is 2.43. The Hall–Kier alpha value is -5.84. The van der Waals surface area contributed by atoms with E-state index in [2.05, 4.69) is 49.3 Å². The number of likely N-dealkylation sites (tertiary alicyclic amines) is 2. The molecule has 304 valence electrons. The molecule has 6 atom stereocenters. The topological polar surface area (TPSA) is 193 Å². The predicted octanol–water partition coefficient (Wildman–Crippen LogP) is 3.58. The van der Waals surface area contributed by atoms with E-state index in [4.69, 9.17) is 23.9 Å². The number of aromatic amines is 2. The van der Waals surface area contributed by atoms with Crippen molar-refractivity contribution < 1.29 is 38.1 Å². The van der Waals surface area contributed by atoms with Crippen molar-refractivity contribution in [3.8, 4) is 23.7 Å². The maximum absolute atomic E-state index is 13.7. The maximum Gasteiger partial charge on any atom is 0.407 e. The van der Waals surface area contributed by atoms with Crippen molar-refractivity contribution >= 4 is 24.0 Å². The molecule has 0 spiro atoms. The number of ether oxygens (including phenoxy) is 4. The number of alkyl carbamates (subject to hydrolysis) is 2. The molecule has 3 aromatic rings. The van der Waals surface area contributed by atoms with Crippen LogP contribution in [0, 0.1) is 42.4 Å². The second-order valence-electron chi connectivity index (χ2n) is 14.8. The van der Waals surface area contributed by atoms with Gasteiger partial charge in [0, 0.05) is 57.0 Å². The quantitative estimate of drug-likeness (QED) is 0.221. The SMILES string of the molecule is COC(=O)N[C@H](C(=O)N1C[C@@H](OC)C[C@H]1c1ncc(C#Cc2ccc(C#Cc3nc([C@@H]4C[C@H](OC)CN4C(=O)[C@@H](NC(=O)OC)C(C)C)[nH]c3C)cc2)[nH]1)C(C)C. The minimum absolute atomic E-state index is 0.171. The Morgan fingerprint density at radius 2 is 1.19 bits per heavy atom. The first-order valence-electron chi connectivity index (χ1n) is 18.9. The van der Waals surface area contributed by atoms with Crippen LogP contribution in [0.2, 0.25) is 0 Å². The zero-order chi connectivity index (χ0) is 41.4. The lowest BCUT2D eigenvalue weighted by atomic mass is 10.0. The Balaban J connectivity index is 1.27. The number of aromatic nitrogens is 4. The van der Waals surface area contributed by atoms with Crippen LogP contribution in [0.5, 0.6) is 0 Å². The van der Waals surface area contributed by atoms with E-state index in [9.17, 15) is 19.2 Å². The summed E-state index contributed by atoms with van der Waals surface area (Å²) >= 11 is 0. The van der Waals surface area contributed by atoms with Crippen molar-refractivity contribution in [3.63, 3.8) is 0 Å². The normalized spacial score (nSPS) is 20.0. The van der Waals surface area contributed by atoms with Gasteiger partial charge in [-0.1, -0.05) is 39.5 Å². The molecule has 2 aliphatic heterocycles. The van der Waals surface area contributed by atoms with Crippen molar-refractivity contribution in [1.82, 2.24) is 40.4 Å². The van der Waals surface area contributed by atoms with Crippen molar-refractivity contribution in [2.45, 2.75) is 83.8 Å². The lowest BCUT2D eigenvalue weighted by Gasteiger charge is -2.29. The fraction of sp³-hybridized carbons (Fsp3) is 0.512. The van der Waals surface area contributed by atoms with Crippen LogP contribution in [0.1, 0.15) is 92.5 Å². The van der Waals surface area contributed by atoms with Gasteiger partial charge in [0.2, 0.25) is 11.8 Å². The third kappa shape index (κ3) is 10.1. The van der Waals surface area contributed by atoms with Gasteiger partial charge in [0.1, 0.15) is 35.1 Å². The fourth-order valence-corrected chi connectivity index (χ4v) is 6.94. The molecule has 2 aromatic heterocycles. The van der Waals surface area contributed by atoms with Gasteiger partial charge in [0.25, 0.3) is 0 Å². The second-order valence-corrected chi connectivity index (χ2v) is 14.8. The molecule has 0 bridgehead atoms. The van der Waals surface area contributed by atoms with Gasteiger partial charge in [-0.05, 0) is 54.9 Å². The predicted molar refractivity (Wildman–Crippen MR) is 208 cm³/mol. The third-order valence-electron chi connectivity index (χ3n) is 10.2. The van der Waals surface area contributed by atoms with Gasteiger partial charge in [-0.15, -0.1) is 0 Å². The van der Waals surface area contributed by atoms with Crippen LogP contribution in [-0.4, -0.2) is 120 Å². The van der Waals surface area contributed by atoms with E-state index in [0.29, 0.717) is 49.0 Å². The first-order chi connectivity index (χ1) is 27.3. The van der Waals surface area contributed by atoms with Gasteiger partial charge in [-0.25, -0.2) is 19.6 Å². The largest absolute Gasteiger partial charge is 0.453 e. The standard InChI is InChI=1S/C41H52N8O8/c1-23(2)34(46-40(52)56-8)38(50)48-21-29(54-6)18-32(48)36-42-20-28(44-36)16-14-26-10-12-27(13-11-26)15-17-31-25(5)43-37(45-31)33-19-30(55-7)22-49(33)39(51)35(24(3)4)47-41(53)57-9/h10-13,20,23-24,29-30,32-35H,18-19,21-22H2,1-9H3,(H,42,44)(H,43,45)(H,46,52)(H,47,53)/t29-,30-,32-,33-,34-,35-/m0/s1. The number of methoxy groups -OCH3 is 4. The first-order valence-corrected chi connectivity index (χ1v) is 18.9. The molecule has 4 amide bonds. The average Bonchev–Trinajstić information content (AvgIpc) is 4.02. The number of aryl methyl sites for hydroxylation is 1. The molecule has 4 N–H and O–H groups in total. The molecular formula is C41H52N8O8. The maximum atomic E-state index is 13.7. The first kappa shape index (κ1) is 42.3. The van der Waals surface area contributed by atoms with Gasteiger partial charge in [0.05, 0.1) is 44.7 Å². The molecule has 2 aliphatic rings. The number of carbonyl (C=O) groups is 4. The number of imidazole rings is 2. The number of amides is 4. The van der Waals surface area contributed by atoms with E-state index < -0.39 is 30.3 Å². The van der Waals surface area contributed by atoms with Crippen molar-refractivity contribution in [2.24, 2.45) is 11.8 Å². The van der Waals surface area contributed by atoms with E-state index in [1.54, 1.807) is 30.2 Å². The molecular weight excluding hydrogens is 732 g/mol. The van der Waals surface area contributed by atoms with Crippen LogP contribution in [0.15, 0.2) is 30.5 Å². The van der Waals surface area contributed by atoms with E-state index in [-0.39, 0.29) is 41.9 Å². The number of benzene rings is 1. The molecule has 2 fully saturated rings. The van der Waals surface area contributed by atoms with Crippen molar-refractivity contribution in [2.75, 3.05) is 41.5 Å². The Morgan fingerprint density at radius 3 is 1.65 bits per heavy atom. The summed E-state index contributed by atoms with van der Waals surface area (Å²) in [7, 11) is 5.75. The molecule has 1 aromatic carbocycles. The third-order valence-corrected chi connectivity index (χ3v) is 10.2. The molecule has 57 heavy (non-hydrogen) atoms. The smallest absolute Gasteiger partial charge is 0.407 e.